The van der Waals surface area contributed by atoms with Gasteiger partial charge in [-0.05, 0) is 54.8 Å². The van der Waals surface area contributed by atoms with Gasteiger partial charge in [0.25, 0.3) is 0 Å². The molecular formula is C22H26N2O2. The van der Waals surface area contributed by atoms with Crippen molar-refractivity contribution >= 4 is 6.09 Å². The molecule has 4 heteroatoms. The topological polar surface area (TPSA) is 41.6 Å². The van der Waals surface area contributed by atoms with Crippen LogP contribution in [0.4, 0.5) is 4.79 Å². The van der Waals surface area contributed by atoms with Crippen LogP contribution in [0, 0.1) is 0 Å². The number of nitrogens with one attached hydrogen (secondary N) is 1. The summed E-state index contributed by atoms with van der Waals surface area (Å²) in [7, 11) is 0. The molecule has 1 aliphatic heterocycles. The third-order valence-corrected chi connectivity index (χ3v) is 6.10. The second kappa shape index (κ2) is 6.76. The standard InChI is InChI=1S/C22H26N2O2/c1-3-24-12-11-22(2)19-14-18(10-9-17(19)13-20(22)24)26-21(25)23-15-16-7-5-4-6-8-16/h4-10,14,20H,3,11-13,15H2,1-2H3,(H,23,25)/t20-,22+/m1/s1. The van der Waals surface area contributed by atoms with Gasteiger partial charge in [0.15, 0.2) is 0 Å². The molecule has 0 bridgehead atoms. The highest BCUT2D eigenvalue weighted by atomic mass is 16.6. The molecule has 2 aliphatic rings. The second-order valence-electron chi connectivity index (χ2n) is 7.56. The second-order valence-corrected chi connectivity index (χ2v) is 7.56. The lowest BCUT2D eigenvalue weighted by molar-refractivity contribution is 0.200. The van der Waals surface area contributed by atoms with Gasteiger partial charge in [0.1, 0.15) is 5.75 Å². The number of fused-ring (bicyclic) bond motifs is 3. The Morgan fingerprint density at radius 3 is 2.85 bits per heavy atom. The average molecular weight is 350 g/mol. The third-order valence-electron chi connectivity index (χ3n) is 6.10. The molecular weight excluding hydrogens is 324 g/mol. The quantitative estimate of drug-likeness (QED) is 0.910. The van der Waals surface area contributed by atoms with Gasteiger partial charge in [0, 0.05) is 18.0 Å². The van der Waals surface area contributed by atoms with E-state index >= 15 is 0 Å². The average Bonchev–Trinajstić information content (AvgIpc) is 3.13. The zero-order valence-electron chi connectivity index (χ0n) is 15.5. The molecule has 26 heavy (non-hydrogen) atoms. The first kappa shape index (κ1) is 17.1. The normalized spacial score (nSPS) is 24.2. The number of carbonyl (C=O) groups is 1. The fraction of sp³-hybridized carbons (Fsp3) is 0.409. The number of nitrogens with zero attached hydrogens (tertiary/aromatic N) is 1. The fourth-order valence-corrected chi connectivity index (χ4v) is 4.60. The highest BCUT2D eigenvalue weighted by Crippen LogP contribution is 2.48. The van der Waals surface area contributed by atoms with E-state index in [1.54, 1.807) is 0 Å². The van der Waals surface area contributed by atoms with Crippen LogP contribution < -0.4 is 10.1 Å². The largest absolute Gasteiger partial charge is 0.412 e. The summed E-state index contributed by atoms with van der Waals surface area (Å²) in [6, 6.07) is 16.5. The number of rotatable bonds is 4. The van der Waals surface area contributed by atoms with E-state index in [1.165, 1.54) is 17.5 Å². The van der Waals surface area contributed by atoms with Crippen molar-refractivity contribution in [1.29, 1.82) is 0 Å². The first-order valence-corrected chi connectivity index (χ1v) is 9.47. The van der Waals surface area contributed by atoms with Crippen molar-refractivity contribution in [2.24, 2.45) is 0 Å². The lowest BCUT2D eigenvalue weighted by atomic mass is 9.80. The van der Waals surface area contributed by atoms with E-state index in [1.807, 2.05) is 36.4 Å². The van der Waals surface area contributed by atoms with Crippen LogP contribution in [0.3, 0.4) is 0 Å². The summed E-state index contributed by atoms with van der Waals surface area (Å²) in [5.41, 5.74) is 3.98. The molecule has 0 saturated carbocycles. The highest BCUT2D eigenvalue weighted by Gasteiger charge is 2.49. The summed E-state index contributed by atoms with van der Waals surface area (Å²) < 4.78 is 5.54. The smallest absolute Gasteiger partial charge is 0.410 e. The van der Waals surface area contributed by atoms with Crippen molar-refractivity contribution in [2.75, 3.05) is 13.1 Å². The van der Waals surface area contributed by atoms with Gasteiger partial charge in [-0.1, -0.05) is 50.2 Å². The van der Waals surface area contributed by atoms with E-state index in [-0.39, 0.29) is 5.41 Å². The predicted octanol–water partition coefficient (Wildman–Crippen LogP) is 3.88. The molecule has 136 valence electrons. The van der Waals surface area contributed by atoms with Crippen LogP contribution in [-0.4, -0.2) is 30.1 Å². The van der Waals surface area contributed by atoms with Crippen LogP contribution in [0.5, 0.6) is 5.75 Å². The van der Waals surface area contributed by atoms with Crippen LogP contribution in [0.1, 0.15) is 37.0 Å². The van der Waals surface area contributed by atoms with Crippen molar-refractivity contribution in [3.8, 4) is 5.75 Å². The SMILES string of the molecule is CCN1CC[C@@]2(C)c3cc(OC(=O)NCc4ccccc4)ccc3C[C@@H]12. The number of likely N-dealkylation sites (N-methyl/N-ethyl adjacent to an activating group) is 1. The van der Waals surface area contributed by atoms with Crippen LogP contribution in [0.25, 0.3) is 0 Å². The van der Waals surface area contributed by atoms with Crippen molar-refractivity contribution in [3.05, 3.63) is 65.2 Å². The number of amides is 1. The maximum atomic E-state index is 12.2. The molecule has 1 aliphatic carbocycles. The number of benzene rings is 2. The summed E-state index contributed by atoms with van der Waals surface area (Å²) in [6.45, 7) is 7.31. The molecule has 0 radical (unpaired) electrons. The Bertz CT molecular complexity index is 805. The van der Waals surface area contributed by atoms with E-state index in [9.17, 15) is 4.79 Å². The van der Waals surface area contributed by atoms with Crippen molar-refractivity contribution < 1.29 is 9.53 Å². The molecule has 0 unspecified atom stereocenters. The van der Waals surface area contributed by atoms with Crippen LogP contribution in [0.15, 0.2) is 48.5 Å². The van der Waals surface area contributed by atoms with Gasteiger partial charge in [0.2, 0.25) is 0 Å². The Morgan fingerprint density at radius 2 is 2.08 bits per heavy atom. The Labute approximate surface area is 155 Å². The van der Waals surface area contributed by atoms with Crippen molar-refractivity contribution in [3.63, 3.8) is 0 Å². The molecule has 1 heterocycles. The molecule has 4 nitrogen and oxygen atoms in total. The van der Waals surface area contributed by atoms with Crippen LogP contribution in [-0.2, 0) is 18.4 Å². The maximum absolute atomic E-state index is 12.2. The lowest BCUT2D eigenvalue weighted by Crippen LogP contribution is -2.37. The van der Waals surface area contributed by atoms with Gasteiger partial charge in [-0.25, -0.2) is 4.79 Å². The first-order chi connectivity index (χ1) is 12.6. The first-order valence-electron chi connectivity index (χ1n) is 9.47. The molecule has 0 spiro atoms. The molecule has 1 N–H and O–H groups in total. The van der Waals surface area contributed by atoms with Crippen LogP contribution >= 0.6 is 0 Å². The van der Waals surface area contributed by atoms with Crippen molar-refractivity contribution in [2.45, 2.75) is 44.7 Å². The third kappa shape index (κ3) is 2.99. The van der Waals surface area contributed by atoms with Gasteiger partial charge < -0.3 is 10.1 Å². The minimum atomic E-state index is -0.407. The Kier molecular flexibility index (Phi) is 4.45. The monoisotopic (exact) mass is 350 g/mol. The molecule has 4 rings (SSSR count). The summed E-state index contributed by atoms with van der Waals surface area (Å²) in [4.78, 5) is 14.7. The van der Waals surface area contributed by atoms with Crippen LogP contribution in [0.2, 0.25) is 0 Å². The molecule has 1 amide bonds. The van der Waals surface area contributed by atoms with Gasteiger partial charge in [-0.3, -0.25) is 4.90 Å². The minimum Gasteiger partial charge on any atom is -0.410 e. The molecule has 2 aromatic carbocycles. The Hall–Kier alpha value is -2.33. The lowest BCUT2D eigenvalue weighted by Gasteiger charge is -2.29. The summed E-state index contributed by atoms with van der Waals surface area (Å²) in [6.07, 6.45) is 1.86. The summed E-state index contributed by atoms with van der Waals surface area (Å²) in [5.74, 6) is 0.631. The molecule has 2 atom stereocenters. The number of ether oxygens (including phenoxy) is 1. The van der Waals surface area contributed by atoms with E-state index in [0.717, 1.165) is 25.1 Å². The summed E-state index contributed by atoms with van der Waals surface area (Å²) >= 11 is 0. The van der Waals surface area contributed by atoms with E-state index in [2.05, 4.69) is 36.2 Å². The molecule has 0 aromatic heterocycles. The Morgan fingerprint density at radius 1 is 1.27 bits per heavy atom. The molecule has 2 aromatic rings. The van der Waals surface area contributed by atoms with E-state index in [0.29, 0.717) is 18.3 Å². The Balaban J connectivity index is 1.45. The van der Waals surface area contributed by atoms with E-state index in [4.69, 9.17) is 4.74 Å². The number of likely N-dealkylation sites (tertiary alicyclic amines) is 1. The summed E-state index contributed by atoms with van der Waals surface area (Å²) in [5, 5.41) is 2.82. The van der Waals surface area contributed by atoms with Gasteiger partial charge in [0.05, 0.1) is 0 Å². The maximum Gasteiger partial charge on any atom is 0.412 e. The van der Waals surface area contributed by atoms with Gasteiger partial charge in [-0.2, -0.15) is 0 Å². The van der Waals surface area contributed by atoms with Crippen molar-refractivity contribution in [1.82, 2.24) is 10.2 Å². The zero-order chi connectivity index (χ0) is 18.1. The zero-order valence-corrected chi connectivity index (χ0v) is 15.5. The van der Waals surface area contributed by atoms with Gasteiger partial charge in [-0.15, -0.1) is 0 Å². The minimum absolute atomic E-state index is 0.172. The predicted molar refractivity (Wildman–Crippen MR) is 102 cm³/mol. The van der Waals surface area contributed by atoms with E-state index < -0.39 is 6.09 Å². The highest BCUT2D eigenvalue weighted by molar-refractivity contribution is 5.70. The van der Waals surface area contributed by atoms with Gasteiger partial charge >= 0.3 is 6.09 Å². The molecule has 1 saturated heterocycles. The number of hydrogen-bond donors (Lipinski definition) is 1. The molecule has 1 fully saturated rings. The number of hydrogen-bond acceptors (Lipinski definition) is 3. The number of carbonyl (C=O) groups excluding carboxylic acids is 1. The fourth-order valence-electron chi connectivity index (χ4n) is 4.60.